The quantitative estimate of drug-likeness (QED) is 0.835. The van der Waals surface area contributed by atoms with Crippen LogP contribution in [0.1, 0.15) is 6.92 Å². The van der Waals surface area contributed by atoms with E-state index in [2.05, 4.69) is 5.32 Å². The van der Waals surface area contributed by atoms with Crippen LogP contribution in [0.3, 0.4) is 0 Å². The van der Waals surface area contributed by atoms with Crippen molar-refractivity contribution in [1.82, 2.24) is 9.80 Å². The lowest BCUT2D eigenvalue weighted by molar-refractivity contribution is -0.117. The molecule has 25 heavy (non-hydrogen) atoms. The summed E-state index contributed by atoms with van der Waals surface area (Å²) in [6.45, 7) is 4.77. The molecule has 1 aliphatic heterocycles. The van der Waals surface area contributed by atoms with Gasteiger partial charge < -0.3 is 24.4 Å². The van der Waals surface area contributed by atoms with Crippen LogP contribution in [-0.2, 0) is 9.53 Å². The van der Waals surface area contributed by atoms with Crippen molar-refractivity contribution in [3.63, 3.8) is 0 Å². The molecule has 8 nitrogen and oxygen atoms in total. The minimum atomic E-state index is -0.297. The SMILES string of the molecule is CCOC(=O)N1CCN(CC(=O)Nc2ccc(OC)cc2OC)CC1. The highest BCUT2D eigenvalue weighted by molar-refractivity contribution is 5.93. The van der Waals surface area contributed by atoms with E-state index < -0.39 is 0 Å². The fraction of sp³-hybridized carbons (Fsp3) is 0.529. The molecular formula is C17H25N3O5. The molecule has 0 saturated carbocycles. The van der Waals surface area contributed by atoms with Gasteiger partial charge in [0.15, 0.2) is 0 Å². The molecule has 0 aliphatic carbocycles. The fourth-order valence-electron chi connectivity index (χ4n) is 2.60. The van der Waals surface area contributed by atoms with E-state index in [4.69, 9.17) is 14.2 Å². The van der Waals surface area contributed by atoms with E-state index in [1.807, 2.05) is 4.90 Å². The Balaban J connectivity index is 1.84. The lowest BCUT2D eigenvalue weighted by Gasteiger charge is -2.33. The van der Waals surface area contributed by atoms with Gasteiger partial charge in [0.1, 0.15) is 11.5 Å². The molecular weight excluding hydrogens is 326 g/mol. The lowest BCUT2D eigenvalue weighted by Crippen LogP contribution is -2.50. The van der Waals surface area contributed by atoms with E-state index >= 15 is 0 Å². The molecule has 2 amide bonds. The molecule has 1 aromatic carbocycles. The number of piperazine rings is 1. The van der Waals surface area contributed by atoms with Crippen LogP contribution in [0.15, 0.2) is 18.2 Å². The van der Waals surface area contributed by atoms with Crippen molar-refractivity contribution in [1.29, 1.82) is 0 Å². The average molecular weight is 351 g/mol. The van der Waals surface area contributed by atoms with E-state index in [9.17, 15) is 9.59 Å². The fourth-order valence-corrected chi connectivity index (χ4v) is 2.60. The summed E-state index contributed by atoms with van der Waals surface area (Å²) in [6, 6.07) is 5.22. The summed E-state index contributed by atoms with van der Waals surface area (Å²) in [5.74, 6) is 1.07. The maximum Gasteiger partial charge on any atom is 0.409 e. The summed E-state index contributed by atoms with van der Waals surface area (Å²) in [4.78, 5) is 27.6. The molecule has 2 rings (SSSR count). The zero-order valence-electron chi connectivity index (χ0n) is 14.9. The normalized spacial score (nSPS) is 14.8. The van der Waals surface area contributed by atoms with E-state index in [1.165, 1.54) is 0 Å². The summed E-state index contributed by atoms with van der Waals surface area (Å²) < 4.78 is 15.4. The molecule has 138 valence electrons. The number of methoxy groups -OCH3 is 2. The Morgan fingerprint density at radius 1 is 1.12 bits per heavy atom. The highest BCUT2D eigenvalue weighted by Gasteiger charge is 2.23. The number of ether oxygens (including phenoxy) is 3. The Morgan fingerprint density at radius 2 is 1.84 bits per heavy atom. The summed E-state index contributed by atoms with van der Waals surface area (Å²) >= 11 is 0. The van der Waals surface area contributed by atoms with Crippen LogP contribution >= 0.6 is 0 Å². The minimum absolute atomic E-state index is 0.131. The monoisotopic (exact) mass is 351 g/mol. The summed E-state index contributed by atoms with van der Waals surface area (Å²) in [7, 11) is 3.11. The Morgan fingerprint density at radius 3 is 2.44 bits per heavy atom. The number of nitrogens with one attached hydrogen (secondary N) is 1. The third kappa shape index (κ3) is 5.25. The summed E-state index contributed by atoms with van der Waals surface area (Å²) in [6.07, 6.45) is -0.297. The maximum atomic E-state index is 12.3. The Kier molecular flexibility index (Phi) is 6.88. The van der Waals surface area contributed by atoms with Crippen LogP contribution in [0.2, 0.25) is 0 Å². The van der Waals surface area contributed by atoms with E-state index in [1.54, 1.807) is 44.2 Å². The molecule has 1 aliphatic rings. The third-order valence-corrected chi connectivity index (χ3v) is 3.95. The highest BCUT2D eigenvalue weighted by Crippen LogP contribution is 2.28. The van der Waals surface area contributed by atoms with Gasteiger partial charge >= 0.3 is 6.09 Å². The van der Waals surface area contributed by atoms with Gasteiger partial charge in [-0.15, -0.1) is 0 Å². The molecule has 1 saturated heterocycles. The molecule has 8 heteroatoms. The van der Waals surface area contributed by atoms with Gasteiger partial charge in [-0.25, -0.2) is 4.79 Å². The van der Waals surface area contributed by atoms with Crippen LogP contribution in [-0.4, -0.2) is 75.4 Å². The molecule has 1 N–H and O–H groups in total. The number of benzene rings is 1. The predicted octanol–water partition coefficient (Wildman–Crippen LogP) is 1.42. The average Bonchev–Trinajstić information content (AvgIpc) is 2.62. The standard InChI is InChI=1S/C17H25N3O5/c1-4-25-17(22)20-9-7-19(8-10-20)12-16(21)18-14-6-5-13(23-2)11-15(14)24-3/h5-6,11H,4,7-10,12H2,1-3H3,(H,18,21). The van der Waals surface area contributed by atoms with Gasteiger partial charge in [0, 0.05) is 32.2 Å². The minimum Gasteiger partial charge on any atom is -0.497 e. The first kappa shape index (κ1) is 18.9. The number of rotatable bonds is 6. The first-order valence-electron chi connectivity index (χ1n) is 8.23. The van der Waals surface area contributed by atoms with Gasteiger partial charge in [-0.1, -0.05) is 0 Å². The molecule has 0 bridgehead atoms. The van der Waals surface area contributed by atoms with Crippen LogP contribution in [0.25, 0.3) is 0 Å². The Bertz CT molecular complexity index is 600. The predicted molar refractivity (Wildman–Crippen MR) is 93.2 cm³/mol. The van der Waals surface area contributed by atoms with E-state index in [0.29, 0.717) is 50.0 Å². The zero-order valence-corrected chi connectivity index (χ0v) is 14.9. The molecule has 1 fully saturated rings. The zero-order chi connectivity index (χ0) is 18.2. The summed E-state index contributed by atoms with van der Waals surface area (Å²) in [5.41, 5.74) is 0.596. The topological polar surface area (TPSA) is 80.3 Å². The van der Waals surface area contributed by atoms with Crippen molar-refractivity contribution in [3.05, 3.63) is 18.2 Å². The molecule has 0 spiro atoms. The van der Waals surface area contributed by atoms with Gasteiger partial charge in [-0.2, -0.15) is 0 Å². The van der Waals surface area contributed by atoms with Gasteiger partial charge in [-0.05, 0) is 19.1 Å². The number of carbonyl (C=O) groups is 2. The Hall–Kier alpha value is -2.48. The molecule has 0 radical (unpaired) electrons. The van der Waals surface area contributed by atoms with E-state index in [0.717, 1.165) is 0 Å². The first-order valence-corrected chi connectivity index (χ1v) is 8.23. The smallest absolute Gasteiger partial charge is 0.409 e. The largest absolute Gasteiger partial charge is 0.497 e. The summed E-state index contributed by atoms with van der Waals surface area (Å²) in [5, 5.41) is 2.85. The number of hydrogen-bond donors (Lipinski definition) is 1. The van der Waals surface area contributed by atoms with Crippen LogP contribution < -0.4 is 14.8 Å². The van der Waals surface area contributed by atoms with Gasteiger partial charge in [0.05, 0.1) is 33.1 Å². The van der Waals surface area contributed by atoms with Crippen molar-refractivity contribution < 1.29 is 23.8 Å². The van der Waals surface area contributed by atoms with Gasteiger partial charge in [0.25, 0.3) is 0 Å². The second-order valence-electron chi connectivity index (χ2n) is 5.58. The van der Waals surface area contributed by atoms with Crippen molar-refractivity contribution in [2.45, 2.75) is 6.92 Å². The maximum absolute atomic E-state index is 12.3. The molecule has 1 aromatic rings. The number of carbonyl (C=O) groups excluding carboxylic acids is 2. The molecule has 0 atom stereocenters. The number of hydrogen-bond acceptors (Lipinski definition) is 6. The Labute approximate surface area is 147 Å². The third-order valence-electron chi connectivity index (χ3n) is 3.95. The lowest BCUT2D eigenvalue weighted by atomic mass is 10.2. The first-order chi connectivity index (χ1) is 12.1. The van der Waals surface area contributed by atoms with Gasteiger partial charge in [-0.3, -0.25) is 9.69 Å². The van der Waals surface area contributed by atoms with Crippen LogP contribution in [0.5, 0.6) is 11.5 Å². The van der Waals surface area contributed by atoms with Crippen molar-refractivity contribution in [2.24, 2.45) is 0 Å². The highest BCUT2D eigenvalue weighted by atomic mass is 16.6. The van der Waals surface area contributed by atoms with Crippen LogP contribution in [0, 0.1) is 0 Å². The van der Waals surface area contributed by atoms with Crippen molar-refractivity contribution in [2.75, 3.05) is 58.9 Å². The molecule has 0 unspecified atom stereocenters. The van der Waals surface area contributed by atoms with Crippen molar-refractivity contribution >= 4 is 17.7 Å². The second-order valence-corrected chi connectivity index (χ2v) is 5.58. The molecule has 0 aromatic heterocycles. The van der Waals surface area contributed by atoms with Crippen molar-refractivity contribution in [3.8, 4) is 11.5 Å². The number of anilines is 1. The molecule has 1 heterocycles. The van der Waals surface area contributed by atoms with Gasteiger partial charge in [0.2, 0.25) is 5.91 Å². The number of amides is 2. The number of nitrogens with zero attached hydrogens (tertiary/aromatic N) is 2. The second kappa shape index (κ2) is 9.12. The van der Waals surface area contributed by atoms with E-state index in [-0.39, 0.29) is 18.5 Å². The van der Waals surface area contributed by atoms with Crippen LogP contribution in [0.4, 0.5) is 10.5 Å².